The molecule has 1 heterocycles. The fourth-order valence-corrected chi connectivity index (χ4v) is 1.38. The minimum absolute atomic E-state index is 0.914. The van der Waals surface area contributed by atoms with E-state index in [0.29, 0.717) is 0 Å². The number of pyridine rings is 1. The van der Waals surface area contributed by atoms with Crippen LogP contribution in [0.5, 0.6) is 0 Å². The molecule has 0 bridgehead atoms. The first-order valence-corrected chi connectivity index (χ1v) is 5.18. The lowest BCUT2D eigenvalue weighted by molar-refractivity contribution is 0.725. The highest BCUT2D eigenvalue weighted by molar-refractivity contribution is 5.39. The van der Waals surface area contributed by atoms with Gasteiger partial charge in [0.25, 0.3) is 0 Å². The van der Waals surface area contributed by atoms with E-state index in [4.69, 9.17) is 0 Å². The molecule has 1 aromatic rings. The molecular formula is C11H19N3. The Labute approximate surface area is 85.9 Å². The van der Waals surface area contributed by atoms with E-state index in [1.807, 2.05) is 6.92 Å². The summed E-state index contributed by atoms with van der Waals surface area (Å²) in [7, 11) is 0. The zero-order valence-corrected chi connectivity index (χ0v) is 9.22. The van der Waals surface area contributed by atoms with E-state index in [2.05, 4.69) is 41.6 Å². The molecule has 0 fully saturated rings. The molecule has 2 N–H and O–H groups in total. The average Bonchev–Trinajstić information content (AvgIpc) is 2.14. The fourth-order valence-electron chi connectivity index (χ4n) is 1.38. The van der Waals surface area contributed by atoms with E-state index in [1.54, 1.807) is 0 Å². The Hall–Kier alpha value is -1.09. The monoisotopic (exact) mass is 193 g/mol. The van der Waals surface area contributed by atoms with Crippen LogP contribution in [0.2, 0.25) is 0 Å². The second-order valence-corrected chi connectivity index (χ2v) is 3.31. The summed E-state index contributed by atoms with van der Waals surface area (Å²) in [5.74, 6) is 0.973. The maximum absolute atomic E-state index is 4.39. The fraction of sp³-hybridized carbons (Fsp3) is 0.545. The average molecular weight is 193 g/mol. The smallest absolute Gasteiger partial charge is 0.126 e. The SMILES string of the molecule is CCNCc1cc(C)nc(NCC)c1. The molecular weight excluding hydrogens is 174 g/mol. The molecule has 78 valence electrons. The standard InChI is InChI=1S/C11H19N3/c1-4-12-8-10-6-9(3)14-11(7-10)13-5-2/h6-7,12H,4-5,8H2,1-3H3,(H,13,14). The van der Waals surface area contributed by atoms with Gasteiger partial charge in [0, 0.05) is 18.8 Å². The van der Waals surface area contributed by atoms with Gasteiger partial charge in [0.1, 0.15) is 5.82 Å². The molecule has 0 saturated carbocycles. The molecule has 0 unspecified atom stereocenters. The van der Waals surface area contributed by atoms with Gasteiger partial charge in [-0.1, -0.05) is 6.92 Å². The summed E-state index contributed by atoms with van der Waals surface area (Å²) in [4.78, 5) is 4.39. The van der Waals surface area contributed by atoms with Crippen LogP contribution < -0.4 is 10.6 Å². The quantitative estimate of drug-likeness (QED) is 0.750. The van der Waals surface area contributed by atoms with Crippen molar-refractivity contribution in [2.75, 3.05) is 18.4 Å². The molecule has 1 rings (SSSR count). The molecule has 0 aliphatic carbocycles. The van der Waals surface area contributed by atoms with E-state index in [-0.39, 0.29) is 0 Å². The van der Waals surface area contributed by atoms with E-state index < -0.39 is 0 Å². The Morgan fingerprint density at radius 1 is 1.21 bits per heavy atom. The zero-order chi connectivity index (χ0) is 10.4. The number of nitrogens with zero attached hydrogens (tertiary/aromatic N) is 1. The van der Waals surface area contributed by atoms with Crippen molar-refractivity contribution < 1.29 is 0 Å². The van der Waals surface area contributed by atoms with Crippen molar-refractivity contribution in [1.82, 2.24) is 10.3 Å². The molecule has 0 radical (unpaired) electrons. The third-order valence-electron chi connectivity index (χ3n) is 1.95. The highest BCUT2D eigenvalue weighted by atomic mass is 15.0. The first-order valence-electron chi connectivity index (χ1n) is 5.18. The maximum atomic E-state index is 4.39. The molecule has 14 heavy (non-hydrogen) atoms. The summed E-state index contributed by atoms with van der Waals surface area (Å²) < 4.78 is 0. The Morgan fingerprint density at radius 3 is 2.64 bits per heavy atom. The number of hydrogen-bond donors (Lipinski definition) is 2. The van der Waals surface area contributed by atoms with E-state index in [1.165, 1.54) is 5.56 Å². The number of aromatic nitrogens is 1. The molecule has 3 nitrogen and oxygen atoms in total. The van der Waals surface area contributed by atoms with Gasteiger partial charge >= 0.3 is 0 Å². The van der Waals surface area contributed by atoms with Gasteiger partial charge < -0.3 is 10.6 Å². The van der Waals surface area contributed by atoms with Gasteiger partial charge in [-0.3, -0.25) is 0 Å². The summed E-state index contributed by atoms with van der Waals surface area (Å²) in [6, 6.07) is 4.21. The van der Waals surface area contributed by atoms with Crippen LogP contribution >= 0.6 is 0 Å². The van der Waals surface area contributed by atoms with Crippen molar-refractivity contribution in [3.05, 3.63) is 23.4 Å². The topological polar surface area (TPSA) is 37.0 Å². The number of aryl methyl sites for hydroxylation is 1. The number of anilines is 1. The van der Waals surface area contributed by atoms with Crippen molar-refractivity contribution in [1.29, 1.82) is 0 Å². The van der Waals surface area contributed by atoms with Crippen LogP contribution in [0, 0.1) is 6.92 Å². The van der Waals surface area contributed by atoms with Crippen LogP contribution in [0.4, 0.5) is 5.82 Å². The van der Waals surface area contributed by atoms with E-state index >= 15 is 0 Å². The number of hydrogen-bond acceptors (Lipinski definition) is 3. The highest BCUT2D eigenvalue weighted by Gasteiger charge is 1.98. The summed E-state index contributed by atoms with van der Waals surface area (Å²) in [5, 5.41) is 6.53. The van der Waals surface area contributed by atoms with Gasteiger partial charge in [-0.05, 0) is 38.1 Å². The lowest BCUT2D eigenvalue weighted by Crippen LogP contribution is -2.12. The lowest BCUT2D eigenvalue weighted by atomic mass is 10.2. The maximum Gasteiger partial charge on any atom is 0.126 e. The Balaban J connectivity index is 2.73. The molecule has 0 aliphatic heterocycles. The van der Waals surface area contributed by atoms with Gasteiger partial charge in [0.05, 0.1) is 0 Å². The molecule has 3 heteroatoms. The minimum Gasteiger partial charge on any atom is -0.370 e. The molecule has 0 aromatic carbocycles. The highest BCUT2D eigenvalue weighted by Crippen LogP contribution is 2.09. The molecule has 0 spiro atoms. The second-order valence-electron chi connectivity index (χ2n) is 3.31. The Bertz CT molecular complexity index is 284. The summed E-state index contributed by atoms with van der Waals surface area (Å²) in [5.41, 5.74) is 2.35. The van der Waals surface area contributed by atoms with Gasteiger partial charge in [0.2, 0.25) is 0 Å². The first kappa shape index (κ1) is 11.0. The summed E-state index contributed by atoms with van der Waals surface area (Å²) in [6.45, 7) is 9.04. The van der Waals surface area contributed by atoms with Gasteiger partial charge in [-0.15, -0.1) is 0 Å². The van der Waals surface area contributed by atoms with E-state index in [9.17, 15) is 0 Å². The number of nitrogens with one attached hydrogen (secondary N) is 2. The summed E-state index contributed by atoms with van der Waals surface area (Å²) in [6.07, 6.45) is 0. The van der Waals surface area contributed by atoms with E-state index in [0.717, 1.165) is 31.1 Å². The molecule has 0 aliphatic rings. The molecule has 0 amide bonds. The van der Waals surface area contributed by atoms with Crippen molar-refractivity contribution >= 4 is 5.82 Å². The van der Waals surface area contributed by atoms with Gasteiger partial charge in [0.15, 0.2) is 0 Å². The third-order valence-corrected chi connectivity index (χ3v) is 1.95. The van der Waals surface area contributed by atoms with Gasteiger partial charge in [-0.25, -0.2) is 4.98 Å². The van der Waals surface area contributed by atoms with Crippen LogP contribution in [0.3, 0.4) is 0 Å². The van der Waals surface area contributed by atoms with Crippen molar-refractivity contribution in [2.24, 2.45) is 0 Å². The minimum atomic E-state index is 0.914. The van der Waals surface area contributed by atoms with Crippen molar-refractivity contribution in [3.8, 4) is 0 Å². The van der Waals surface area contributed by atoms with Crippen LogP contribution in [0.15, 0.2) is 12.1 Å². The molecule has 1 aromatic heterocycles. The predicted molar refractivity (Wildman–Crippen MR) is 60.5 cm³/mol. The number of rotatable bonds is 5. The zero-order valence-electron chi connectivity index (χ0n) is 9.22. The summed E-state index contributed by atoms with van der Waals surface area (Å²) >= 11 is 0. The Kier molecular flexibility index (Phi) is 4.40. The van der Waals surface area contributed by atoms with Crippen LogP contribution in [0.1, 0.15) is 25.1 Å². The largest absolute Gasteiger partial charge is 0.370 e. The normalized spacial score (nSPS) is 10.2. The van der Waals surface area contributed by atoms with Crippen LogP contribution in [0.25, 0.3) is 0 Å². The Morgan fingerprint density at radius 2 is 2.00 bits per heavy atom. The van der Waals surface area contributed by atoms with Crippen molar-refractivity contribution in [3.63, 3.8) is 0 Å². The van der Waals surface area contributed by atoms with Crippen LogP contribution in [-0.2, 0) is 6.54 Å². The van der Waals surface area contributed by atoms with Crippen LogP contribution in [-0.4, -0.2) is 18.1 Å². The molecule has 0 saturated heterocycles. The second kappa shape index (κ2) is 5.60. The third kappa shape index (κ3) is 3.34. The first-order chi connectivity index (χ1) is 6.76. The lowest BCUT2D eigenvalue weighted by Gasteiger charge is -2.07. The van der Waals surface area contributed by atoms with Gasteiger partial charge in [-0.2, -0.15) is 0 Å². The van der Waals surface area contributed by atoms with Crippen molar-refractivity contribution in [2.45, 2.75) is 27.3 Å². The molecule has 0 atom stereocenters. The predicted octanol–water partition coefficient (Wildman–Crippen LogP) is 1.93.